The Morgan fingerprint density at radius 3 is 2.39 bits per heavy atom. The Hall–Kier alpha value is -2.22. The SMILES string of the molecule is CCCCNC(=O)C(c1ccc(C)c(C)c1)N(C(=O)C(CCSC)NC(=O)OC(C)(C)C)C1CCC1. The van der Waals surface area contributed by atoms with E-state index in [0.717, 1.165) is 48.8 Å². The van der Waals surface area contributed by atoms with E-state index in [9.17, 15) is 14.4 Å². The maximum Gasteiger partial charge on any atom is 0.408 e. The van der Waals surface area contributed by atoms with Crippen LogP contribution in [0.1, 0.15) is 89.0 Å². The normalized spacial score (nSPS) is 15.4. The number of nitrogens with zero attached hydrogens (tertiary/aromatic N) is 1. The highest BCUT2D eigenvalue weighted by atomic mass is 32.2. The number of thioether (sulfide) groups is 1. The van der Waals surface area contributed by atoms with Gasteiger partial charge in [-0.15, -0.1) is 0 Å². The summed E-state index contributed by atoms with van der Waals surface area (Å²) in [4.78, 5) is 42.2. The lowest BCUT2D eigenvalue weighted by Crippen LogP contribution is -2.57. The van der Waals surface area contributed by atoms with E-state index in [1.165, 1.54) is 0 Å². The predicted molar refractivity (Wildman–Crippen MR) is 147 cm³/mol. The summed E-state index contributed by atoms with van der Waals surface area (Å²) in [5.74, 6) is 0.295. The van der Waals surface area contributed by atoms with Crippen molar-refractivity contribution in [3.8, 4) is 0 Å². The van der Waals surface area contributed by atoms with Gasteiger partial charge in [0.25, 0.3) is 0 Å². The van der Waals surface area contributed by atoms with Crippen LogP contribution < -0.4 is 10.6 Å². The number of carbonyl (C=O) groups is 3. The third-order valence-corrected chi connectivity index (χ3v) is 7.17. The van der Waals surface area contributed by atoms with E-state index in [1.807, 2.05) is 38.3 Å². The van der Waals surface area contributed by atoms with E-state index in [2.05, 4.69) is 17.6 Å². The molecule has 0 saturated heterocycles. The van der Waals surface area contributed by atoms with Crippen molar-refractivity contribution >= 4 is 29.7 Å². The van der Waals surface area contributed by atoms with Crippen LogP contribution in [0.25, 0.3) is 0 Å². The van der Waals surface area contributed by atoms with Crippen LogP contribution in [0.15, 0.2) is 18.2 Å². The summed E-state index contributed by atoms with van der Waals surface area (Å²) in [5, 5.41) is 5.87. The van der Waals surface area contributed by atoms with Crippen molar-refractivity contribution in [2.24, 2.45) is 0 Å². The van der Waals surface area contributed by atoms with E-state index in [1.54, 1.807) is 37.4 Å². The molecule has 2 rings (SSSR count). The molecular formula is C28H45N3O4S. The molecule has 1 aromatic carbocycles. The molecule has 0 aliphatic heterocycles. The first-order valence-electron chi connectivity index (χ1n) is 13.1. The molecule has 3 amide bonds. The minimum absolute atomic E-state index is 0.0433. The van der Waals surface area contributed by atoms with Crippen LogP contribution in [0, 0.1) is 13.8 Å². The van der Waals surface area contributed by atoms with Crippen LogP contribution in [0.3, 0.4) is 0 Å². The molecule has 1 aliphatic carbocycles. The van der Waals surface area contributed by atoms with E-state index >= 15 is 0 Å². The molecule has 2 N–H and O–H groups in total. The van der Waals surface area contributed by atoms with Crippen molar-refractivity contribution in [2.45, 2.75) is 104 Å². The second kappa shape index (κ2) is 13.9. The molecule has 0 heterocycles. The third-order valence-electron chi connectivity index (χ3n) is 6.53. The third kappa shape index (κ3) is 8.71. The standard InChI is InChI=1S/C28H45N3O4S/c1-8-9-16-29-25(32)24(21-14-13-19(2)20(3)18-21)31(22-11-10-12-22)26(33)23(15-17-36-7)30-27(34)35-28(4,5)6/h13-14,18,22-24H,8-12,15-17H2,1-7H3,(H,29,32)(H,30,34). The van der Waals surface area contributed by atoms with Gasteiger partial charge in [-0.05, 0) is 95.4 Å². The fraction of sp³-hybridized carbons (Fsp3) is 0.679. The second-order valence-corrected chi connectivity index (χ2v) is 11.7. The number of benzene rings is 1. The summed E-state index contributed by atoms with van der Waals surface area (Å²) in [6, 6.07) is 4.39. The predicted octanol–water partition coefficient (Wildman–Crippen LogP) is 5.29. The molecule has 1 aromatic rings. The number of hydrogen-bond donors (Lipinski definition) is 2. The zero-order valence-electron chi connectivity index (χ0n) is 23.1. The lowest BCUT2D eigenvalue weighted by molar-refractivity contribution is -0.147. The van der Waals surface area contributed by atoms with Crippen LogP contribution in [0.2, 0.25) is 0 Å². The summed E-state index contributed by atoms with van der Waals surface area (Å²) in [7, 11) is 0. The number of nitrogens with one attached hydrogen (secondary N) is 2. The molecule has 8 heteroatoms. The van der Waals surface area contributed by atoms with E-state index < -0.39 is 23.8 Å². The van der Waals surface area contributed by atoms with E-state index in [4.69, 9.17) is 4.74 Å². The van der Waals surface area contributed by atoms with Crippen molar-refractivity contribution < 1.29 is 19.1 Å². The van der Waals surface area contributed by atoms with Gasteiger partial charge in [-0.25, -0.2) is 4.79 Å². The molecule has 0 aromatic heterocycles. The largest absolute Gasteiger partial charge is 0.444 e. The Morgan fingerprint density at radius 2 is 1.86 bits per heavy atom. The summed E-state index contributed by atoms with van der Waals surface area (Å²) < 4.78 is 5.46. The monoisotopic (exact) mass is 519 g/mol. The quantitative estimate of drug-likeness (QED) is 0.367. The van der Waals surface area contributed by atoms with E-state index in [0.29, 0.717) is 18.7 Å². The summed E-state index contributed by atoms with van der Waals surface area (Å²) >= 11 is 1.61. The topological polar surface area (TPSA) is 87.7 Å². The van der Waals surface area contributed by atoms with Gasteiger partial charge in [-0.1, -0.05) is 31.5 Å². The van der Waals surface area contributed by atoms with Crippen molar-refractivity contribution in [1.29, 1.82) is 0 Å². The number of rotatable bonds is 12. The van der Waals surface area contributed by atoms with Gasteiger partial charge in [0, 0.05) is 12.6 Å². The average Bonchev–Trinajstić information content (AvgIpc) is 2.75. The molecule has 1 aliphatic rings. The number of alkyl carbamates (subject to hydrolysis) is 1. The van der Waals surface area contributed by atoms with Gasteiger partial charge < -0.3 is 20.3 Å². The molecule has 7 nitrogen and oxygen atoms in total. The lowest BCUT2D eigenvalue weighted by atomic mass is 9.87. The van der Waals surface area contributed by atoms with Crippen LogP contribution in [-0.2, 0) is 14.3 Å². The zero-order valence-corrected chi connectivity index (χ0v) is 23.9. The Labute approximate surface area is 221 Å². The fourth-order valence-electron chi connectivity index (χ4n) is 4.16. The van der Waals surface area contributed by atoms with Gasteiger partial charge in [0.15, 0.2) is 0 Å². The van der Waals surface area contributed by atoms with Gasteiger partial charge in [0.05, 0.1) is 0 Å². The Balaban J connectivity index is 2.46. The number of ether oxygens (including phenoxy) is 1. The molecule has 0 spiro atoms. The van der Waals surface area contributed by atoms with Gasteiger partial charge in [0.2, 0.25) is 11.8 Å². The number of unbranched alkanes of at least 4 members (excludes halogenated alkanes) is 1. The molecule has 2 atom stereocenters. The van der Waals surface area contributed by atoms with Crippen LogP contribution >= 0.6 is 11.8 Å². The summed E-state index contributed by atoms with van der Waals surface area (Å²) in [6.45, 7) is 12.1. The molecule has 0 bridgehead atoms. The Kier molecular flexibility index (Phi) is 11.6. The minimum Gasteiger partial charge on any atom is -0.444 e. The van der Waals surface area contributed by atoms with Gasteiger partial charge in [0.1, 0.15) is 17.7 Å². The highest BCUT2D eigenvalue weighted by Crippen LogP contribution is 2.34. The van der Waals surface area contributed by atoms with Crippen molar-refractivity contribution in [2.75, 3.05) is 18.6 Å². The number of aryl methyl sites for hydroxylation is 2. The van der Waals surface area contributed by atoms with Gasteiger partial charge in [-0.3, -0.25) is 9.59 Å². The molecule has 0 radical (unpaired) electrons. The highest BCUT2D eigenvalue weighted by Gasteiger charge is 2.41. The average molecular weight is 520 g/mol. The van der Waals surface area contributed by atoms with Gasteiger partial charge >= 0.3 is 6.09 Å². The zero-order chi connectivity index (χ0) is 26.9. The van der Waals surface area contributed by atoms with E-state index in [-0.39, 0.29) is 17.9 Å². The maximum atomic E-state index is 14.2. The van der Waals surface area contributed by atoms with Crippen molar-refractivity contribution in [1.82, 2.24) is 15.5 Å². The summed E-state index contributed by atoms with van der Waals surface area (Å²) in [5.41, 5.74) is 2.33. The fourth-order valence-corrected chi connectivity index (χ4v) is 4.64. The number of carbonyl (C=O) groups excluding carboxylic acids is 3. The Morgan fingerprint density at radius 1 is 1.17 bits per heavy atom. The molecule has 36 heavy (non-hydrogen) atoms. The lowest BCUT2D eigenvalue weighted by Gasteiger charge is -2.43. The van der Waals surface area contributed by atoms with Crippen molar-refractivity contribution in [3.63, 3.8) is 0 Å². The first kappa shape index (κ1) is 30.0. The first-order chi connectivity index (χ1) is 17.0. The smallest absolute Gasteiger partial charge is 0.408 e. The van der Waals surface area contributed by atoms with Crippen LogP contribution in [0.4, 0.5) is 4.79 Å². The number of amides is 3. The molecular weight excluding hydrogens is 474 g/mol. The molecule has 1 fully saturated rings. The molecule has 2 unspecified atom stereocenters. The first-order valence-corrected chi connectivity index (χ1v) is 14.5. The maximum absolute atomic E-state index is 14.2. The summed E-state index contributed by atoms with van der Waals surface area (Å²) in [6.07, 6.45) is 6.35. The van der Waals surface area contributed by atoms with Crippen molar-refractivity contribution in [3.05, 3.63) is 34.9 Å². The minimum atomic E-state index is -0.773. The Bertz CT molecular complexity index is 895. The number of hydrogen-bond acceptors (Lipinski definition) is 5. The van der Waals surface area contributed by atoms with Crippen LogP contribution in [-0.4, -0.2) is 59.0 Å². The molecule has 202 valence electrons. The highest BCUT2D eigenvalue weighted by molar-refractivity contribution is 7.98. The molecule has 1 saturated carbocycles. The van der Waals surface area contributed by atoms with Gasteiger partial charge in [-0.2, -0.15) is 11.8 Å². The van der Waals surface area contributed by atoms with Crippen LogP contribution in [0.5, 0.6) is 0 Å². The second-order valence-electron chi connectivity index (χ2n) is 10.7.